The van der Waals surface area contributed by atoms with Gasteiger partial charge >= 0.3 is 7.12 Å². The molecule has 1 aromatic carbocycles. The van der Waals surface area contributed by atoms with Crippen LogP contribution in [-0.2, 0) is 25.3 Å². The number of rotatable bonds is 12. The van der Waals surface area contributed by atoms with Crippen LogP contribution in [0.3, 0.4) is 0 Å². The Hall–Kier alpha value is -2.59. The average molecular weight is 582 g/mol. The number of benzene rings is 1. The molecule has 10 heteroatoms. The number of guanidine groups is 1. The molecule has 42 heavy (non-hydrogen) atoms. The third kappa shape index (κ3) is 6.96. The highest BCUT2D eigenvalue weighted by atomic mass is 16.7. The monoisotopic (exact) mass is 581 g/mol. The molecule has 1 aromatic rings. The lowest BCUT2D eigenvalue weighted by Gasteiger charge is -2.64. The van der Waals surface area contributed by atoms with Crippen LogP contribution in [0.2, 0.25) is 0 Å². The summed E-state index contributed by atoms with van der Waals surface area (Å²) in [6.45, 7) is 15.7. The van der Waals surface area contributed by atoms with Crippen molar-refractivity contribution in [3.63, 3.8) is 0 Å². The summed E-state index contributed by atoms with van der Waals surface area (Å²) in [4.78, 5) is 27.1. The van der Waals surface area contributed by atoms with Gasteiger partial charge in [-0.25, -0.2) is 0 Å². The molecular formula is C32H52BN5O4. The lowest BCUT2D eigenvalue weighted by atomic mass is 9.43. The first kappa shape index (κ1) is 32.3. The Morgan fingerprint density at radius 2 is 1.88 bits per heavy atom. The first-order chi connectivity index (χ1) is 19.7. The molecule has 3 saturated carbocycles. The lowest BCUT2D eigenvalue weighted by Crippen LogP contribution is -2.65. The smallest absolute Gasteiger partial charge is 0.404 e. The average Bonchev–Trinajstić information content (AvgIpc) is 3.28. The quantitative estimate of drug-likeness (QED) is 0.111. The number of carbonyl (C=O) groups is 2. The molecule has 4 fully saturated rings. The molecule has 6 atom stereocenters. The predicted molar refractivity (Wildman–Crippen MR) is 167 cm³/mol. The van der Waals surface area contributed by atoms with E-state index in [1.165, 1.54) is 6.42 Å². The lowest BCUT2D eigenvalue weighted by molar-refractivity contribution is -0.199. The summed E-state index contributed by atoms with van der Waals surface area (Å²) >= 11 is 0. The summed E-state index contributed by atoms with van der Waals surface area (Å²) in [6.07, 6.45) is 4.16. The highest BCUT2D eigenvalue weighted by Crippen LogP contribution is 2.65. The molecular weight excluding hydrogens is 529 g/mol. The topological polar surface area (TPSA) is 125 Å². The maximum Gasteiger partial charge on any atom is 0.481 e. The molecule has 0 unspecified atom stereocenters. The van der Waals surface area contributed by atoms with Crippen LogP contribution in [0.25, 0.3) is 0 Å². The Bertz CT molecular complexity index is 1160. The van der Waals surface area contributed by atoms with Crippen molar-refractivity contribution < 1.29 is 18.9 Å². The number of hydrogen-bond donors (Lipinski definition) is 5. The van der Waals surface area contributed by atoms with Crippen molar-refractivity contribution >= 4 is 24.9 Å². The molecule has 5 rings (SSSR count). The summed E-state index contributed by atoms with van der Waals surface area (Å²) in [5.74, 6) is 0.889. The highest BCUT2D eigenvalue weighted by molar-refractivity contribution is 6.48. The van der Waals surface area contributed by atoms with Crippen molar-refractivity contribution in [2.45, 2.75) is 111 Å². The van der Waals surface area contributed by atoms with E-state index in [2.05, 4.69) is 55.9 Å². The van der Waals surface area contributed by atoms with E-state index in [9.17, 15) is 9.59 Å². The minimum atomic E-state index is -0.714. The maximum atomic E-state index is 13.8. The van der Waals surface area contributed by atoms with Gasteiger partial charge in [0.05, 0.1) is 24.1 Å². The summed E-state index contributed by atoms with van der Waals surface area (Å²) < 4.78 is 13.3. The molecule has 232 valence electrons. The molecule has 0 aromatic heterocycles. The summed E-state index contributed by atoms with van der Waals surface area (Å²) in [5.41, 5.74) is 2.99. The van der Waals surface area contributed by atoms with Gasteiger partial charge in [-0.3, -0.25) is 15.0 Å². The van der Waals surface area contributed by atoms with Crippen LogP contribution in [0.5, 0.6) is 0 Å². The van der Waals surface area contributed by atoms with E-state index in [1.54, 1.807) is 7.05 Å². The third-order valence-electron chi connectivity index (χ3n) is 10.1. The van der Waals surface area contributed by atoms with E-state index in [4.69, 9.17) is 14.7 Å². The Labute approximate surface area is 252 Å². The van der Waals surface area contributed by atoms with Crippen LogP contribution in [-0.4, -0.2) is 62.2 Å². The van der Waals surface area contributed by atoms with Gasteiger partial charge in [0.15, 0.2) is 5.96 Å². The van der Waals surface area contributed by atoms with Crippen molar-refractivity contribution in [3.8, 4) is 0 Å². The van der Waals surface area contributed by atoms with E-state index in [0.29, 0.717) is 43.6 Å². The van der Waals surface area contributed by atoms with E-state index >= 15 is 0 Å². The minimum Gasteiger partial charge on any atom is -0.404 e. The highest BCUT2D eigenvalue weighted by Gasteiger charge is 2.68. The van der Waals surface area contributed by atoms with Gasteiger partial charge in [-0.2, -0.15) is 0 Å². The molecule has 4 aliphatic rings. The van der Waals surface area contributed by atoms with Crippen LogP contribution in [0.15, 0.2) is 18.2 Å². The van der Waals surface area contributed by atoms with Gasteiger partial charge in [0, 0.05) is 13.6 Å². The zero-order valence-electron chi connectivity index (χ0n) is 26.9. The van der Waals surface area contributed by atoms with Crippen molar-refractivity contribution in [3.05, 3.63) is 34.9 Å². The van der Waals surface area contributed by atoms with E-state index in [-0.39, 0.29) is 47.3 Å². The molecule has 0 spiro atoms. The number of hydrogen-bond acceptors (Lipinski definition) is 5. The maximum absolute atomic E-state index is 13.8. The fourth-order valence-electron chi connectivity index (χ4n) is 7.39. The number of aryl methyl sites for hydroxylation is 2. The molecule has 1 aliphatic heterocycles. The van der Waals surface area contributed by atoms with Crippen molar-refractivity contribution in [2.24, 2.45) is 23.2 Å². The molecule has 2 amide bonds. The van der Waals surface area contributed by atoms with Crippen LogP contribution in [0.1, 0.15) is 83.4 Å². The normalized spacial score (nSPS) is 27.0. The van der Waals surface area contributed by atoms with Gasteiger partial charge in [0.25, 0.3) is 0 Å². The van der Waals surface area contributed by atoms with Crippen molar-refractivity contribution in [1.29, 1.82) is 5.41 Å². The molecule has 1 saturated heterocycles. The molecule has 5 N–H and O–H groups in total. The van der Waals surface area contributed by atoms with Gasteiger partial charge in [0.1, 0.15) is 6.04 Å². The second-order valence-electron chi connectivity index (χ2n) is 14.0. The number of amides is 2. The fraction of sp³-hybridized carbons (Fsp3) is 0.719. The van der Waals surface area contributed by atoms with Gasteiger partial charge in [-0.1, -0.05) is 51.5 Å². The summed E-state index contributed by atoms with van der Waals surface area (Å²) in [5, 5.41) is 19.7. The van der Waals surface area contributed by atoms with Crippen LogP contribution in [0.4, 0.5) is 0 Å². The summed E-state index contributed by atoms with van der Waals surface area (Å²) in [7, 11) is 1.16. The second-order valence-corrected chi connectivity index (χ2v) is 14.0. The van der Waals surface area contributed by atoms with E-state index < -0.39 is 13.2 Å². The Kier molecular flexibility index (Phi) is 9.98. The molecule has 9 nitrogen and oxygen atoms in total. The zero-order valence-corrected chi connectivity index (χ0v) is 26.9. The Morgan fingerprint density at radius 3 is 2.55 bits per heavy atom. The van der Waals surface area contributed by atoms with Crippen molar-refractivity contribution in [1.82, 2.24) is 21.3 Å². The van der Waals surface area contributed by atoms with Gasteiger partial charge < -0.3 is 30.6 Å². The van der Waals surface area contributed by atoms with E-state index in [0.717, 1.165) is 23.1 Å². The largest absolute Gasteiger partial charge is 0.481 e. The van der Waals surface area contributed by atoms with E-state index in [1.807, 2.05) is 32.0 Å². The first-order valence-corrected chi connectivity index (χ1v) is 15.7. The standard InChI is InChI=1S/C32H52BN5O4/c1-19(2)14-27(33-41-26-18-23-17-25(31(23,5)6)32(26,7)42-33)38-29(40)24(10-9-13-36-30(34)35-8)37-28(39)16-22-15-20(3)11-12-21(22)4/h11-12,15,19,23-27H,9-10,13-14,16-18H2,1-8H3,(H,37,39)(H,38,40)(H3,34,35,36)/t23-,24-,25-,26+,27-,32-/m0/s1. The minimum absolute atomic E-state index is 0.0347. The fourth-order valence-corrected chi connectivity index (χ4v) is 7.39. The van der Waals surface area contributed by atoms with Crippen molar-refractivity contribution in [2.75, 3.05) is 13.6 Å². The van der Waals surface area contributed by atoms with Gasteiger partial charge in [-0.05, 0) is 87.2 Å². The van der Waals surface area contributed by atoms with Crippen LogP contribution < -0.4 is 21.3 Å². The SMILES string of the molecule is CNC(=N)NCCC[C@H](NC(=O)Cc1cc(C)ccc1C)C(=O)N[C@@H](CC(C)C)B1O[C@@H]2C[C@@H]3C[C@@H](C3(C)C)[C@]2(C)O1. The Morgan fingerprint density at radius 1 is 1.14 bits per heavy atom. The van der Waals surface area contributed by atoms with Gasteiger partial charge in [0.2, 0.25) is 11.8 Å². The molecule has 1 heterocycles. The zero-order chi connectivity index (χ0) is 30.8. The number of carbonyl (C=O) groups excluding carboxylic acids is 2. The van der Waals surface area contributed by atoms with Crippen LogP contribution in [0, 0.1) is 42.4 Å². The van der Waals surface area contributed by atoms with Gasteiger partial charge in [-0.15, -0.1) is 0 Å². The molecule has 0 radical (unpaired) electrons. The number of nitrogens with one attached hydrogen (secondary N) is 5. The Balaban J connectivity index is 1.46. The first-order valence-electron chi connectivity index (χ1n) is 15.7. The molecule has 3 aliphatic carbocycles. The molecule has 2 bridgehead atoms. The summed E-state index contributed by atoms with van der Waals surface area (Å²) in [6, 6.07) is 5.36. The third-order valence-corrected chi connectivity index (χ3v) is 10.1. The van der Waals surface area contributed by atoms with Crippen LogP contribution >= 0.6 is 0 Å². The second kappa shape index (κ2) is 13.0. The predicted octanol–water partition coefficient (Wildman–Crippen LogP) is 3.65.